The van der Waals surface area contributed by atoms with Gasteiger partial charge in [0, 0.05) is 25.9 Å². The summed E-state index contributed by atoms with van der Waals surface area (Å²) in [5, 5.41) is 55.1. The number of rotatable bonds is 32. The second-order valence-electron chi connectivity index (χ2n) is 19.5. The first-order valence-electron chi connectivity index (χ1n) is 24.7. The zero-order valence-electron chi connectivity index (χ0n) is 42.5. The largest absolute Gasteiger partial charge is 0.508 e. The number of likely N-dealkylation sites (tertiary alicyclic amines) is 1. The summed E-state index contributed by atoms with van der Waals surface area (Å²) in [5.74, 6) is -9.02. The predicted molar refractivity (Wildman–Crippen MR) is 266 cm³/mol. The van der Waals surface area contributed by atoms with E-state index in [0.717, 1.165) is 0 Å². The van der Waals surface area contributed by atoms with Gasteiger partial charge >= 0.3 is 11.9 Å². The number of nitrogens with zero attached hydrogens (tertiary/aromatic N) is 1. The smallest absolute Gasteiger partial charge is 0.326 e. The highest BCUT2D eigenvalue weighted by atomic mass is 16.4. The molecule has 17 N–H and O–H groups in total. The second kappa shape index (κ2) is 31.0. The molecule has 0 saturated carbocycles. The Morgan fingerprint density at radius 2 is 1.21 bits per heavy atom. The van der Waals surface area contributed by atoms with Gasteiger partial charge in [0.2, 0.25) is 41.4 Å². The summed E-state index contributed by atoms with van der Waals surface area (Å²) in [4.78, 5) is 123. The third-order valence-corrected chi connectivity index (χ3v) is 11.9. The molecule has 404 valence electrons. The van der Waals surface area contributed by atoms with Crippen LogP contribution in [-0.4, -0.2) is 147 Å². The lowest BCUT2D eigenvalue weighted by molar-refractivity contribution is -0.143. The molecule has 0 aliphatic carbocycles. The molecule has 0 unspecified atom stereocenters. The van der Waals surface area contributed by atoms with Gasteiger partial charge < -0.3 is 74.6 Å². The molecule has 1 aromatic carbocycles. The van der Waals surface area contributed by atoms with E-state index < -0.39 is 120 Å². The van der Waals surface area contributed by atoms with Crippen molar-refractivity contribution in [3.05, 3.63) is 29.8 Å². The summed E-state index contributed by atoms with van der Waals surface area (Å²) >= 11 is 0. The third kappa shape index (κ3) is 21.8. The Hall–Kier alpha value is -6.56. The lowest BCUT2D eigenvalue weighted by atomic mass is 9.99. The first-order valence-corrected chi connectivity index (χ1v) is 24.7. The predicted octanol–water partition coefficient (Wildman–Crippen LogP) is -0.748. The van der Waals surface area contributed by atoms with Crippen molar-refractivity contribution >= 4 is 59.2 Å². The van der Waals surface area contributed by atoms with Crippen LogP contribution in [0.4, 0.5) is 0 Å². The number of carboxylic acids is 2. The van der Waals surface area contributed by atoms with Crippen LogP contribution in [0.2, 0.25) is 0 Å². The van der Waals surface area contributed by atoms with Crippen LogP contribution in [0.1, 0.15) is 118 Å². The van der Waals surface area contributed by atoms with Gasteiger partial charge in [0.1, 0.15) is 48.0 Å². The summed E-state index contributed by atoms with van der Waals surface area (Å²) in [6.45, 7) is 11.2. The molecular weight excluding hydrogens is 937 g/mol. The summed E-state index contributed by atoms with van der Waals surface area (Å²) in [6, 6.07) is -4.23. The fraction of sp³-hybridized carbons (Fsp3) is 0.667. The van der Waals surface area contributed by atoms with E-state index in [0.29, 0.717) is 44.2 Å². The number of phenolic OH excluding ortho intramolecular Hbond substituents is 1. The summed E-state index contributed by atoms with van der Waals surface area (Å²) < 4.78 is 0. The highest BCUT2D eigenvalue weighted by Crippen LogP contribution is 2.21. The molecule has 1 fully saturated rings. The molecular formula is C48H80N12O12. The van der Waals surface area contributed by atoms with Gasteiger partial charge in [-0.3, -0.25) is 43.8 Å². The minimum absolute atomic E-state index is 0.0213. The number of aromatic hydroxyl groups is 1. The van der Waals surface area contributed by atoms with Crippen LogP contribution >= 0.6 is 0 Å². The Morgan fingerprint density at radius 1 is 0.694 bits per heavy atom. The topological polar surface area (TPSA) is 404 Å². The number of unbranched alkanes of at least 4 members (excludes halogenated alkanes) is 1. The number of hydrogen-bond donors (Lipinski definition) is 14. The maximum Gasteiger partial charge on any atom is 0.326 e. The number of nitrogens with two attached hydrogens (primary N) is 3. The molecule has 0 aromatic heterocycles. The normalized spacial score (nSPS) is 16.3. The molecule has 1 aliphatic rings. The van der Waals surface area contributed by atoms with Gasteiger partial charge in [-0.15, -0.1) is 0 Å². The third-order valence-electron chi connectivity index (χ3n) is 11.9. The number of carbonyl (C=O) groups is 9. The summed E-state index contributed by atoms with van der Waals surface area (Å²) in [5.41, 5.74) is 17.9. The number of carbonyl (C=O) groups excluding carboxylic acids is 7. The number of nitrogens with one attached hydrogen (secondary N) is 8. The lowest BCUT2D eigenvalue weighted by Crippen LogP contribution is -2.60. The molecule has 7 amide bonds. The SMILES string of the molecule is CC(C)C[C@H](NC(=O)[C@H](CCCNC(=N)N)NC(=O)[C@H](CCC(=O)O)NC(=O)[C@H](CCCCN)NC(=O)[C@@H]1CCCN1C(=O)[C@@H](N)CC(C)C)C(=O)N[C@@H](Cc1ccc(O)cc1)C(=O)N[C@H](C(=O)O)C(C)C. The van der Waals surface area contributed by atoms with Crippen molar-refractivity contribution in [3.63, 3.8) is 0 Å². The maximum atomic E-state index is 14.3. The standard InChI is InChI=1S/C48H80N12O12/c1-26(2)23-31(50)46(70)60-22-10-13-37(60)45(69)56-32(11-7-8-20-49)40(64)55-34(18-19-38(62)63)42(66)54-33(12-9-21-53-48(51)52)41(65)57-35(24-27(3)4)43(67)58-36(25-29-14-16-30(61)17-15-29)44(68)59-39(28(5)6)47(71)72/h14-17,26-28,31-37,39,61H,7-13,18-25,49-50H2,1-6H3,(H,54,66)(H,55,64)(H,56,69)(H,57,65)(H,58,67)(H,59,68)(H,62,63)(H,71,72)(H4,51,52,53)/t31-,32-,33-,34-,35-,36-,37-,39-/m0/s1. The Labute approximate surface area is 421 Å². The zero-order valence-corrected chi connectivity index (χ0v) is 42.5. The van der Waals surface area contributed by atoms with Gasteiger partial charge in [0.15, 0.2) is 5.96 Å². The van der Waals surface area contributed by atoms with Gasteiger partial charge in [-0.05, 0) is 106 Å². The summed E-state index contributed by atoms with van der Waals surface area (Å²) in [6.07, 6.45) is 0.992. The number of hydrogen-bond acceptors (Lipinski definition) is 13. The lowest BCUT2D eigenvalue weighted by Gasteiger charge is -2.30. The van der Waals surface area contributed by atoms with Gasteiger partial charge in [-0.2, -0.15) is 0 Å². The number of guanidine groups is 1. The van der Waals surface area contributed by atoms with Gasteiger partial charge in [0.25, 0.3) is 0 Å². The van der Waals surface area contributed by atoms with E-state index in [1.807, 2.05) is 13.8 Å². The fourth-order valence-electron chi connectivity index (χ4n) is 8.13. The Bertz CT molecular complexity index is 2000. The van der Waals surface area contributed by atoms with E-state index in [-0.39, 0.29) is 68.7 Å². The van der Waals surface area contributed by atoms with Gasteiger partial charge in [0.05, 0.1) is 6.04 Å². The molecule has 0 spiro atoms. The van der Waals surface area contributed by atoms with Gasteiger partial charge in [-0.1, -0.05) is 53.7 Å². The molecule has 1 saturated heterocycles. The van der Waals surface area contributed by atoms with Crippen molar-refractivity contribution in [2.45, 2.75) is 167 Å². The zero-order chi connectivity index (χ0) is 54.2. The number of amides is 7. The first-order chi connectivity index (χ1) is 33.8. The monoisotopic (exact) mass is 1020 g/mol. The Morgan fingerprint density at radius 3 is 1.74 bits per heavy atom. The molecule has 72 heavy (non-hydrogen) atoms. The second-order valence-corrected chi connectivity index (χ2v) is 19.5. The number of aliphatic carboxylic acids is 2. The highest BCUT2D eigenvalue weighted by Gasteiger charge is 2.39. The van der Waals surface area contributed by atoms with E-state index in [1.165, 1.54) is 29.2 Å². The van der Waals surface area contributed by atoms with Gasteiger partial charge in [-0.25, -0.2) is 4.79 Å². The number of carboxylic acid groups (broad SMARTS) is 2. The average Bonchev–Trinajstić information content (AvgIpc) is 3.79. The first kappa shape index (κ1) is 61.6. The maximum absolute atomic E-state index is 14.3. The van der Waals surface area contributed by atoms with E-state index in [4.69, 9.17) is 22.6 Å². The van der Waals surface area contributed by atoms with E-state index in [1.54, 1.807) is 27.7 Å². The van der Waals surface area contributed by atoms with Crippen molar-refractivity contribution < 1.29 is 58.5 Å². The van der Waals surface area contributed by atoms with Crippen molar-refractivity contribution in [1.82, 2.24) is 42.1 Å². The van der Waals surface area contributed by atoms with Crippen LogP contribution in [-0.2, 0) is 49.6 Å². The van der Waals surface area contributed by atoms with Crippen LogP contribution < -0.4 is 54.4 Å². The molecule has 24 nitrogen and oxygen atoms in total. The van der Waals surface area contributed by atoms with Crippen LogP contribution in [0.25, 0.3) is 0 Å². The minimum Gasteiger partial charge on any atom is -0.508 e. The average molecular weight is 1020 g/mol. The minimum atomic E-state index is -1.57. The molecule has 0 bridgehead atoms. The van der Waals surface area contributed by atoms with Crippen LogP contribution in [0.3, 0.4) is 0 Å². The number of benzene rings is 1. The summed E-state index contributed by atoms with van der Waals surface area (Å²) in [7, 11) is 0. The molecule has 1 aromatic rings. The van der Waals surface area contributed by atoms with E-state index in [9.17, 15) is 58.5 Å². The molecule has 24 heteroatoms. The van der Waals surface area contributed by atoms with Crippen LogP contribution in [0, 0.1) is 23.2 Å². The number of phenols is 1. The van der Waals surface area contributed by atoms with Crippen molar-refractivity contribution in [2.75, 3.05) is 19.6 Å². The van der Waals surface area contributed by atoms with Crippen LogP contribution in [0.5, 0.6) is 5.75 Å². The van der Waals surface area contributed by atoms with Crippen LogP contribution in [0.15, 0.2) is 24.3 Å². The molecule has 0 radical (unpaired) electrons. The Kier molecular flexibility index (Phi) is 26.5. The Balaban J connectivity index is 2.47. The fourth-order valence-corrected chi connectivity index (χ4v) is 8.13. The molecule has 8 atom stereocenters. The van der Waals surface area contributed by atoms with Crippen molar-refractivity contribution in [1.29, 1.82) is 5.41 Å². The molecule has 1 aliphatic heterocycles. The van der Waals surface area contributed by atoms with E-state index in [2.05, 4.69) is 37.2 Å². The van der Waals surface area contributed by atoms with Crippen molar-refractivity contribution in [3.8, 4) is 5.75 Å². The molecule has 1 heterocycles. The quantitative estimate of drug-likeness (QED) is 0.0240. The molecule has 2 rings (SSSR count). The van der Waals surface area contributed by atoms with E-state index >= 15 is 0 Å². The van der Waals surface area contributed by atoms with Crippen molar-refractivity contribution in [2.24, 2.45) is 35.0 Å². The highest BCUT2D eigenvalue weighted by molar-refractivity contribution is 5.98.